The number of carboxylic acid groups (broad SMARTS) is 1. The Hall–Kier alpha value is -1.78. The number of carbonyl (C=O) groups is 1. The first-order chi connectivity index (χ1) is 10.0. The summed E-state index contributed by atoms with van der Waals surface area (Å²) in [6.45, 7) is 0. The fourth-order valence-electron chi connectivity index (χ4n) is 2.42. The standard InChI is InChI=1S/C16H11BrClNO2/c17-10-3-1-9(2-4-10)16-13(8-15(20)21)12-7-11(18)5-6-14(12)19-16/h1-7,19H,8H2,(H,20,21). The minimum absolute atomic E-state index is 0.0499. The molecule has 3 nitrogen and oxygen atoms in total. The van der Waals surface area contributed by atoms with Crippen LogP contribution in [0.2, 0.25) is 5.02 Å². The molecule has 0 aliphatic heterocycles. The molecule has 1 heterocycles. The minimum atomic E-state index is -0.866. The molecule has 0 radical (unpaired) electrons. The number of fused-ring (bicyclic) bond motifs is 1. The first-order valence-corrected chi connectivity index (χ1v) is 7.49. The third kappa shape index (κ3) is 2.82. The molecule has 0 unspecified atom stereocenters. The maximum absolute atomic E-state index is 11.2. The molecule has 0 atom stereocenters. The molecule has 0 saturated carbocycles. The van der Waals surface area contributed by atoms with Crippen molar-refractivity contribution < 1.29 is 9.90 Å². The predicted octanol–water partition coefficient (Wildman–Crippen LogP) is 4.88. The van der Waals surface area contributed by atoms with Gasteiger partial charge in [-0.2, -0.15) is 0 Å². The van der Waals surface area contributed by atoms with Crippen molar-refractivity contribution in [3.63, 3.8) is 0 Å². The summed E-state index contributed by atoms with van der Waals surface area (Å²) in [5, 5.41) is 10.6. The highest BCUT2D eigenvalue weighted by atomic mass is 79.9. The van der Waals surface area contributed by atoms with Crippen LogP contribution in [0.15, 0.2) is 46.9 Å². The smallest absolute Gasteiger partial charge is 0.307 e. The molecule has 21 heavy (non-hydrogen) atoms. The molecular weight excluding hydrogens is 354 g/mol. The number of halogens is 2. The van der Waals surface area contributed by atoms with Gasteiger partial charge in [0.25, 0.3) is 0 Å². The number of hydrogen-bond acceptors (Lipinski definition) is 1. The van der Waals surface area contributed by atoms with E-state index in [-0.39, 0.29) is 6.42 Å². The largest absolute Gasteiger partial charge is 0.481 e. The Labute approximate surface area is 134 Å². The second-order valence-electron chi connectivity index (χ2n) is 4.75. The van der Waals surface area contributed by atoms with Gasteiger partial charge in [-0.25, -0.2) is 0 Å². The van der Waals surface area contributed by atoms with Gasteiger partial charge in [-0.05, 0) is 41.5 Å². The van der Waals surface area contributed by atoms with Crippen molar-refractivity contribution in [3.05, 3.63) is 57.5 Å². The van der Waals surface area contributed by atoms with Crippen molar-refractivity contribution in [1.29, 1.82) is 0 Å². The fraction of sp³-hybridized carbons (Fsp3) is 0.0625. The zero-order chi connectivity index (χ0) is 15.0. The molecule has 2 aromatic carbocycles. The number of hydrogen-bond donors (Lipinski definition) is 2. The first-order valence-electron chi connectivity index (χ1n) is 6.32. The molecule has 0 fully saturated rings. The fourth-order valence-corrected chi connectivity index (χ4v) is 2.85. The molecule has 2 N–H and O–H groups in total. The van der Waals surface area contributed by atoms with Crippen LogP contribution < -0.4 is 0 Å². The summed E-state index contributed by atoms with van der Waals surface area (Å²) in [6, 6.07) is 13.2. The van der Waals surface area contributed by atoms with Gasteiger partial charge in [-0.1, -0.05) is 39.7 Å². The van der Waals surface area contributed by atoms with Gasteiger partial charge in [0.05, 0.1) is 12.1 Å². The lowest BCUT2D eigenvalue weighted by Crippen LogP contribution is -2.00. The summed E-state index contributed by atoms with van der Waals surface area (Å²) in [4.78, 5) is 14.5. The van der Waals surface area contributed by atoms with Crippen LogP contribution in [0.3, 0.4) is 0 Å². The number of aromatic amines is 1. The Bertz CT molecular complexity index is 824. The minimum Gasteiger partial charge on any atom is -0.481 e. The van der Waals surface area contributed by atoms with Crippen LogP contribution in [0, 0.1) is 0 Å². The van der Waals surface area contributed by atoms with Crippen LogP contribution in [-0.2, 0) is 11.2 Å². The van der Waals surface area contributed by atoms with Crippen molar-refractivity contribution >= 4 is 44.4 Å². The maximum atomic E-state index is 11.2. The van der Waals surface area contributed by atoms with Crippen LogP contribution in [0.25, 0.3) is 22.2 Å². The van der Waals surface area contributed by atoms with Crippen LogP contribution in [0.4, 0.5) is 0 Å². The molecule has 106 valence electrons. The molecule has 5 heteroatoms. The molecule has 0 aliphatic carbocycles. The zero-order valence-electron chi connectivity index (χ0n) is 10.9. The quantitative estimate of drug-likeness (QED) is 0.696. The lowest BCUT2D eigenvalue weighted by atomic mass is 10.0. The second kappa shape index (κ2) is 5.54. The van der Waals surface area contributed by atoms with Crippen LogP contribution >= 0.6 is 27.5 Å². The number of carboxylic acids is 1. The summed E-state index contributed by atoms with van der Waals surface area (Å²) in [5.41, 5.74) is 3.40. The van der Waals surface area contributed by atoms with Crippen LogP contribution in [0.5, 0.6) is 0 Å². The number of nitrogens with one attached hydrogen (secondary N) is 1. The van der Waals surface area contributed by atoms with E-state index in [1.807, 2.05) is 30.3 Å². The summed E-state index contributed by atoms with van der Waals surface area (Å²) in [7, 11) is 0. The Morgan fingerprint density at radius 3 is 2.57 bits per heavy atom. The van der Waals surface area contributed by atoms with E-state index in [0.29, 0.717) is 5.02 Å². The van der Waals surface area contributed by atoms with Gasteiger partial charge in [0, 0.05) is 20.4 Å². The van der Waals surface area contributed by atoms with Crippen molar-refractivity contribution in [2.24, 2.45) is 0 Å². The summed E-state index contributed by atoms with van der Waals surface area (Å²) in [5.74, 6) is -0.866. The average molecular weight is 365 g/mol. The maximum Gasteiger partial charge on any atom is 0.307 e. The second-order valence-corrected chi connectivity index (χ2v) is 6.10. The summed E-state index contributed by atoms with van der Waals surface area (Å²) < 4.78 is 0.977. The highest BCUT2D eigenvalue weighted by Crippen LogP contribution is 2.32. The monoisotopic (exact) mass is 363 g/mol. The number of benzene rings is 2. The Morgan fingerprint density at radius 2 is 1.90 bits per heavy atom. The zero-order valence-corrected chi connectivity index (χ0v) is 13.2. The van der Waals surface area contributed by atoms with E-state index >= 15 is 0 Å². The van der Waals surface area contributed by atoms with E-state index in [1.54, 1.807) is 12.1 Å². The summed E-state index contributed by atoms with van der Waals surface area (Å²) in [6.07, 6.45) is -0.0499. The molecule has 1 aromatic heterocycles. The van der Waals surface area contributed by atoms with Gasteiger partial charge in [0.15, 0.2) is 0 Å². The molecule has 0 bridgehead atoms. The number of aliphatic carboxylic acids is 1. The first kappa shape index (κ1) is 14.2. The Balaban J connectivity index is 2.25. The van der Waals surface area contributed by atoms with E-state index in [2.05, 4.69) is 20.9 Å². The molecule has 3 aromatic rings. The van der Waals surface area contributed by atoms with Crippen molar-refractivity contribution in [3.8, 4) is 11.3 Å². The van der Waals surface area contributed by atoms with Gasteiger partial charge >= 0.3 is 5.97 Å². The van der Waals surface area contributed by atoms with Gasteiger partial charge in [-0.15, -0.1) is 0 Å². The van der Waals surface area contributed by atoms with Crippen LogP contribution in [0.1, 0.15) is 5.56 Å². The van der Waals surface area contributed by atoms with Gasteiger partial charge in [0.2, 0.25) is 0 Å². The highest BCUT2D eigenvalue weighted by Gasteiger charge is 2.16. The highest BCUT2D eigenvalue weighted by molar-refractivity contribution is 9.10. The lowest BCUT2D eigenvalue weighted by Gasteiger charge is -2.03. The number of rotatable bonds is 3. The van der Waals surface area contributed by atoms with Gasteiger partial charge in [-0.3, -0.25) is 4.79 Å². The molecule has 0 aliphatic rings. The summed E-state index contributed by atoms with van der Waals surface area (Å²) >= 11 is 9.43. The number of aromatic nitrogens is 1. The molecule has 0 amide bonds. The van der Waals surface area contributed by atoms with Crippen molar-refractivity contribution in [2.75, 3.05) is 0 Å². The van der Waals surface area contributed by atoms with Crippen molar-refractivity contribution in [2.45, 2.75) is 6.42 Å². The van der Waals surface area contributed by atoms with Crippen molar-refractivity contribution in [1.82, 2.24) is 4.98 Å². The predicted molar refractivity (Wildman–Crippen MR) is 87.8 cm³/mol. The normalized spacial score (nSPS) is 11.0. The number of H-pyrrole nitrogens is 1. The van der Waals surface area contributed by atoms with E-state index < -0.39 is 5.97 Å². The van der Waals surface area contributed by atoms with E-state index in [1.165, 1.54) is 0 Å². The third-order valence-electron chi connectivity index (χ3n) is 3.33. The van der Waals surface area contributed by atoms with E-state index in [4.69, 9.17) is 11.6 Å². The topological polar surface area (TPSA) is 53.1 Å². The molecule has 3 rings (SSSR count). The van der Waals surface area contributed by atoms with E-state index in [0.717, 1.165) is 32.2 Å². The SMILES string of the molecule is O=C(O)Cc1c(-c2ccc(Br)cc2)[nH]c2ccc(Cl)cc12. The van der Waals surface area contributed by atoms with Gasteiger partial charge < -0.3 is 10.1 Å². The third-order valence-corrected chi connectivity index (χ3v) is 4.09. The molecule has 0 saturated heterocycles. The van der Waals surface area contributed by atoms with Crippen LogP contribution in [-0.4, -0.2) is 16.1 Å². The Morgan fingerprint density at radius 1 is 1.19 bits per heavy atom. The lowest BCUT2D eigenvalue weighted by molar-refractivity contribution is -0.136. The van der Waals surface area contributed by atoms with E-state index in [9.17, 15) is 9.90 Å². The Kier molecular flexibility index (Phi) is 3.74. The molecular formula is C16H11BrClNO2. The van der Waals surface area contributed by atoms with Gasteiger partial charge in [0.1, 0.15) is 0 Å². The average Bonchev–Trinajstić information content (AvgIpc) is 2.77. The molecule has 0 spiro atoms.